The fraction of sp³-hybridized carbons (Fsp3) is 0.400. The fourth-order valence-corrected chi connectivity index (χ4v) is 0. The van der Waals surface area contributed by atoms with Crippen LogP contribution in [-0.4, -0.2) is 126 Å². The number of hydrogen-bond acceptors (Lipinski definition) is 6. The zero-order valence-corrected chi connectivity index (χ0v) is 18.1. The molecule has 0 bridgehead atoms. The Balaban J connectivity index is -0.0000000298. The van der Waals surface area contributed by atoms with Gasteiger partial charge in [-0.25, -0.2) is 9.59 Å². The SMILES string of the molecule is CC(=O)O.CC(=O)O.CC(=O)O.CC(=O)O.O=C(O)C(=O)O.[Na].[Na]. The van der Waals surface area contributed by atoms with Crippen molar-refractivity contribution in [2.75, 3.05) is 0 Å². The Labute approximate surface area is 181 Å². The monoisotopic (exact) mass is 376 g/mol. The van der Waals surface area contributed by atoms with Crippen molar-refractivity contribution in [3.8, 4) is 0 Å². The summed E-state index contributed by atoms with van der Waals surface area (Å²) in [6, 6.07) is 0. The smallest absolute Gasteiger partial charge is 0.414 e. The summed E-state index contributed by atoms with van der Waals surface area (Å²) in [7, 11) is 0. The van der Waals surface area contributed by atoms with E-state index in [0.29, 0.717) is 0 Å². The maximum atomic E-state index is 9.10. The molecule has 14 heteroatoms. The minimum absolute atomic E-state index is 0. The van der Waals surface area contributed by atoms with Crippen molar-refractivity contribution in [1.29, 1.82) is 0 Å². The van der Waals surface area contributed by atoms with Crippen LogP contribution in [0.2, 0.25) is 0 Å². The van der Waals surface area contributed by atoms with Crippen molar-refractivity contribution in [3.63, 3.8) is 0 Å². The summed E-state index contributed by atoms with van der Waals surface area (Å²) in [4.78, 5) is 54.2. The van der Waals surface area contributed by atoms with Gasteiger partial charge in [-0.2, -0.15) is 0 Å². The molecule has 0 aliphatic rings. The third kappa shape index (κ3) is 1030. The quantitative estimate of drug-likeness (QED) is 0.215. The first-order valence-electron chi connectivity index (χ1n) is 4.82. The standard InChI is InChI=1S/C2H2O4.4C2H4O2.2Na/c3-1(4)2(5)6;4*1-2(3)4;;/h(H,3,4)(H,5,6);4*1H3,(H,3,4);;. The third-order valence-corrected chi connectivity index (χ3v) is 0.183. The van der Waals surface area contributed by atoms with Crippen molar-refractivity contribution in [2.45, 2.75) is 27.7 Å². The van der Waals surface area contributed by atoms with Gasteiger partial charge >= 0.3 is 11.9 Å². The second-order valence-electron chi connectivity index (χ2n) is 2.69. The first-order valence-corrected chi connectivity index (χ1v) is 4.82. The molecule has 2 radical (unpaired) electrons. The van der Waals surface area contributed by atoms with Gasteiger partial charge in [0.05, 0.1) is 0 Å². The molecule has 0 saturated carbocycles. The molecule has 0 aromatic heterocycles. The van der Waals surface area contributed by atoms with Crippen LogP contribution in [0.4, 0.5) is 0 Å². The molecule has 0 fully saturated rings. The predicted octanol–water partition coefficient (Wildman–Crippen LogP) is -1.24. The average Bonchev–Trinajstić information content (AvgIpc) is 2.12. The molecular weight excluding hydrogens is 358 g/mol. The zero-order valence-electron chi connectivity index (χ0n) is 14.1. The van der Waals surface area contributed by atoms with Gasteiger partial charge in [-0.3, -0.25) is 19.2 Å². The summed E-state index contributed by atoms with van der Waals surface area (Å²) < 4.78 is 0. The molecular formula is C10H18Na2O12. The molecule has 6 N–H and O–H groups in total. The molecule has 0 aliphatic carbocycles. The van der Waals surface area contributed by atoms with Gasteiger partial charge in [0.2, 0.25) is 0 Å². The molecule has 0 amide bonds. The topological polar surface area (TPSA) is 224 Å². The Morgan fingerprint density at radius 2 is 0.458 bits per heavy atom. The Morgan fingerprint density at radius 1 is 0.417 bits per heavy atom. The summed E-state index contributed by atoms with van der Waals surface area (Å²) in [6.07, 6.45) is 0. The van der Waals surface area contributed by atoms with E-state index in [1.54, 1.807) is 0 Å². The van der Waals surface area contributed by atoms with Gasteiger partial charge in [0, 0.05) is 86.8 Å². The molecule has 0 aromatic carbocycles. The van der Waals surface area contributed by atoms with E-state index in [-0.39, 0.29) is 59.1 Å². The van der Waals surface area contributed by atoms with Crippen LogP contribution < -0.4 is 0 Å². The first kappa shape index (κ1) is 43.4. The van der Waals surface area contributed by atoms with E-state index in [4.69, 9.17) is 59.4 Å². The Bertz CT molecular complexity index is 304. The summed E-state index contributed by atoms with van der Waals surface area (Å²) in [5, 5.41) is 44.4. The molecule has 24 heavy (non-hydrogen) atoms. The van der Waals surface area contributed by atoms with E-state index < -0.39 is 35.8 Å². The number of aliphatic carboxylic acids is 6. The second-order valence-corrected chi connectivity index (χ2v) is 2.69. The van der Waals surface area contributed by atoms with Gasteiger partial charge in [-0.1, -0.05) is 0 Å². The molecule has 12 nitrogen and oxygen atoms in total. The van der Waals surface area contributed by atoms with E-state index in [0.717, 1.165) is 27.7 Å². The summed E-state index contributed by atoms with van der Waals surface area (Å²) in [6.45, 7) is 4.33. The van der Waals surface area contributed by atoms with Crippen LogP contribution in [0.5, 0.6) is 0 Å². The van der Waals surface area contributed by atoms with Gasteiger partial charge in [0.15, 0.2) is 0 Å². The van der Waals surface area contributed by atoms with Crippen LogP contribution in [0.1, 0.15) is 27.7 Å². The van der Waals surface area contributed by atoms with E-state index in [9.17, 15) is 0 Å². The van der Waals surface area contributed by atoms with E-state index in [1.165, 1.54) is 0 Å². The second kappa shape index (κ2) is 33.4. The van der Waals surface area contributed by atoms with Crippen LogP contribution in [0.3, 0.4) is 0 Å². The first-order chi connectivity index (χ1) is 9.57. The normalized spacial score (nSPS) is 6.00. The largest absolute Gasteiger partial charge is 0.481 e. The van der Waals surface area contributed by atoms with Crippen LogP contribution in [0, 0.1) is 0 Å². The molecule has 0 rings (SSSR count). The van der Waals surface area contributed by atoms with Gasteiger partial charge in [0.25, 0.3) is 23.9 Å². The van der Waals surface area contributed by atoms with Crippen LogP contribution in [0.25, 0.3) is 0 Å². The number of carboxylic acid groups (broad SMARTS) is 6. The average molecular weight is 376 g/mol. The molecule has 0 aliphatic heterocycles. The molecule has 0 unspecified atom stereocenters. The zero-order chi connectivity index (χ0) is 19.5. The van der Waals surface area contributed by atoms with Crippen LogP contribution >= 0.6 is 0 Å². The van der Waals surface area contributed by atoms with Crippen molar-refractivity contribution >= 4 is 94.9 Å². The van der Waals surface area contributed by atoms with Gasteiger partial charge in [-0.05, 0) is 0 Å². The fourth-order valence-electron chi connectivity index (χ4n) is 0. The molecule has 132 valence electrons. The molecule has 0 atom stereocenters. The molecule has 0 saturated heterocycles. The number of hydrogen-bond donors (Lipinski definition) is 6. The van der Waals surface area contributed by atoms with Gasteiger partial charge < -0.3 is 30.6 Å². The van der Waals surface area contributed by atoms with Crippen LogP contribution in [0.15, 0.2) is 0 Å². The number of carbonyl (C=O) groups is 6. The van der Waals surface area contributed by atoms with Crippen LogP contribution in [-0.2, 0) is 28.8 Å². The van der Waals surface area contributed by atoms with Crippen molar-refractivity contribution < 1.29 is 59.4 Å². The number of rotatable bonds is 0. The van der Waals surface area contributed by atoms with E-state index >= 15 is 0 Å². The van der Waals surface area contributed by atoms with Gasteiger partial charge in [0.1, 0.15) is 0 Å². The maximum Gasteiger partial charge on any atom is 0.414 e. The molecule has 0 aromatic rings. The van der Waals surface area contributed by atoms with E-state index in [2.05, 4.69) is 0 Å². The number of carboxylic acids is 6. The summed E-state index contributed by atoms with van der Waals surface area (Å²) >= 11 is 0. The van der Waals surface area contributed by atoms with Crippen molar-refractivity contribution in [2.24, 2.45) is 0 Å². The van der Waals surface area contributed by atoms with E-state index in [1.807, 2.05) is 0 Å². The summed E-state index contributed by atoms with van der Waals surface area (Å²) in [5.41, 5.74) is 0. The Kier molecular flexibility index (Phi) is 60.5. The minimum atomic E-state index is -1.82. The van der Waals surface area contributed by atoms with Crippen molar-refractivity contribution in [1.82, 2.24) is 0 Å². The maximum absolute atomic E-state index is 9.10. The summed E-state index contributed by atoms with van der Waals surface area (Å²) in [5.74, 6) is -6.98. The van der Waals surface area contributed by atoms with Crippen molar-refractivity contribution in [3.05, 3.63) is 0 Å². The minimum Gasteiger partial charge on any atom is -0.481 e. The molecule has 0 heterocycles. The Hall–Kier alpha value is -1.18. The third-order valence-electron chi connectivity index (χ3n) is 0.183. The Morgan fingerprint density at radius 3 is 0.458 bits per heavy atom. The van der Waals surface area contributed by atoms with Gasteiger partial charge in [-0.15, -0.1) is 0 Å². The molecule has 0 spiro atoms. The predicted molar refractivity (Wildman–Crippen MR) is 80.0 cm³/mol.